The van der Waals surface area contributed by atoms with E-state index in [1.807, 2.05) is 21.1 Å². The van der Waals surface area contributed by atoms with Crippen molar-refractivity contribution in [2.45, 2.75) is 32.3 Å². The van der Waals surface area contributed by atoms with Gasteiger partial charge < -0.3 is 19.1 Å². The van der Waals surface area contributed by atoms with Crippen molar-refractivity contribution >= 4 is 17.9 Å². The summed E-state index contributed by atoms with van der Waals surface area (Å²) in [6.45, 7) is 2.33. The average molecular weight is 290 g/mol. The van der Waals surface area contributed by atoms with Crippen molar-refractivity contribution in [2.24, 2.45) is 0 Å². The van der Waals surface area contributed by atoms with Crippen molar-refractivity contribution in [3.8, 4) is 0 Å². The Balaban J connectivity index is 4.31. The summed E-state index contributed by atoms with van der Waals surface area (Å²) >= 11 is 0. The van der Waals surface area contributed by atoms with Gasteiger partial charge in [-0.1, -0.05) is 0 Å². The minimum atomic E-state index is -1.03. The van der Waals surface area contributed by atoms with Crippen molar-refractivity contribution in [3.05, 3.63) is 0 Å². The molecule has 0 amide bonds. The van der Waals surface area contributed by atoms with E-state index in [9.17, 15) is 14.4 Å². The van der Waals surface area contributed by atoms with E-state index in [0.29, 0.717) is 11.0 Å². The Hall–Kier alpha value is -1.63. The number of ether oxygens (including phenoxy) is 2. The molecule has 0 aliphatic heterocycles. The van der Waals surface area contributed by atoms with Crippen LogP contribution in [0.3, 0.4) is 0 Å². The summed E-state index contributed by atoms with van der Waals surface area (Å²) in [5.74, 6) is -2.08. The Kier molecular flexibility index (Phi) is 7.83. The van der Waals surface area contributed by atoms with Gasteiger partial charge in [-0.25, -0.2) is 0 Å². The molecule has 0 spiro atoms. The normalized spacial score (nSPS) is 12.6. The van der Waals surface area contributed by atoms with Gasteiger partial charge in [-0.15, -0.1) is 0 Å². The number of carbonyl (C=O) groups is 3. The monoisotopic (exact) mass is 290 g/mol. The van der Waals surface area contributed by atoms with E-state index in [2.05, 4.69) is 0 Å². The predicted molar refractivity (Wildman–Crippen MR) is 70.9 cm³/mol. The highest BCUT2D eigenvalue weighted by Gasteiger charge is 2.25. The van der Waals surface area contributed by atoms with E-state index in [4.69, 9.17) is 14.6 Å². The number of carboxylic acids is 1. The Bertz CT molecular complexity index is 347. The first kappa shape index (κ1) is 18.4. The summed E-state index contributed by atoms with van der Waals surface area (Å²) in [6.07, 6.45) is -1.12. The lowest BCUT2D eigenvalue weighted by atomic mass is 10.2. The highest BCUT2D eigenvalue weighted by molar-refractivity contribution is 5.78. The molecule has 0 bridgehead atoms. The number of carboxylic acid groups (broad SMARTS) is 1. The van der Waals surface area contributed by atoms with Crippen molar-refractivity contribution in [1.29, 1.82) is 0 Å². The van der Waals surface area contributed by atoms with Crippen molar-refractivity contribution < 1.29 is 33.4 Å². The molecule has 0 saturated carbocycles. The number of nitrogens with zero attached hydrogens (tertiary/aromatic N) is 1. The number of rotatable bonds is 9. The first-order chi connectivity index (χ1) is 9.14. The summed E-state index contributed by atoms with van der Waals surface area (Å²) in [5, 5.41) is 8.81. The van der Waals surface area contributed by atoms with Gasteiger partial charge in [-0.05, 0) is 6.92 Å². The topological polar surface area (TPSA) is 89.9 Å². The first-order valence-corrected chi connectivity index (χ1v) is 6.51. The number of hydrogen-bond donors (Lipinski definition) is 1. The quantitative estimate of drug-likeness (QED) is 0.489. The van der Waals surface area contributed by atoms with Gasteiger partial charge in [0.25, 0.3) is 0 Å². The highest BCUT2D eigenvalue weighted by atomic mass is 16.5. The molecule has 0 radical (unpaired) electrons. The van der Waals surface area contributed by atoms with Crippen LogP contribution in [0.4, 0.5) is 0 Å². The largest absolute Gasteiger partial charge is 0.481 e. The molecule has 1 N–H and O–H groups in total. The third kappa shape index (κ3) is 10.3. The average Bonchev–Trinajstić information content (AvgIpc) is 2.23. The Morgan fingerprint density at radius 3 is 2.10 bits per heavy atom. The molecule has 0 aliphatic carbocycles. The predicted octanol–water partition coefficient (Wildman–Crippen LogP) is 0.422. The van der Waals surface area contributed by atoms with Gasteiger partial charge in [0.2, 0.25) is 0 Å². The van der Waals surface area contributed by atoms with Crippen LogP contribution in [0.1, 0.15) is 26.2 Å². The van der Waals surface area contributed by atoms with Gasteiger partial charge in [0.15, 0.2) is 6.10 Å². The van der Waals surface area contributed by atoms with Gasteiger partial charge in [0, 0.05) is 0 Å². The Labute approximate surface area is 119 Å². The zero-order chi connectivity index (χ0) is 15.8. The van der Waals surface area contributed by atoms with Gasteiger partial charge in [0.1, 0.15) is 6.54 Å². The standard InChI is InChI=1S/C13H23NO6/c1-5-19-12(17)6-7-13(18)20-10(8-11(15)16)9-14(2,3)4/h10H,5-9H2,1-4H3/p+1. The third-order valence-electron chi connectivity index (χ3n) is 2.29. The van der Waals surface area contributed by atoms with Crippen LogP contribution in [0, 0.1) is 0 Å². The van der Waals surface area contributed by atoms with Gasteiger partial charge in [-0.3, -0.25) is 14.4 Å². The number of hydrogen-bond acceptors (Lipinski definition) is 5. The molecular formula is C13H24NO6+. The second-order valence-corrected chi connectivity index (χ2v) is 5.49. The molecule has 0 saturated heterocycles. The second kappa shape index (κ2) is 8.52. The molecule has 20 heavy (non-hydrogen) atoms. The molecular weight excluding hydrogens is 266 g/mol. The zero-order valence-electron chi connectivity index (χ0n) is 12.5. The molecule has 1 unspecified atom stereocenters. The zero-order valence-corrected chi connectivity index (χ0v) is 12.5. The maximum atomic E-state index is 11.6. The fourth-order valence-electron chi connectivity index (χ4n) is 1.63. The lowest BCUT2D eigenvalue weighted by Crippen LogP contribution is -2.43. The molecule has 116 valence electrons. The van der Waals surface area contributed by atoms with Crippen LogP contribution in [0.2, 0.25) is 0 Å². The van der Waals surface area contributed by atoms with Crippen LogP contribution in [0.25, 0.3) is 0 Å². The summed E-state index contributed by atoms with van der Waals surface area (Å²) < 4.78 is 10.3. The number of aliphatic carboxylic acids is 1. The molecule has 0 aliphatic rings. The lowest BCUT2D eigenvalue weighted by Gasteiger charge is -2.28. The van der Waals surface area contributed by atoms with E-state index in [0.717, 1.165) is 0 Å². The van der Waals surface area contributed by atoms with Crippen LogP contribution in [-0.4, -0.2) is 67.9 Å². The Morgan fingerprint density at radius 1 is 1.10 bits per heavy atom. The summed E-state index contributed by atoms with van der Waals surface area (Å²) in [5.41, 5.74) is 0. The SMILES string of the molecule is CCOC(=O)CCC(=O)OC(CC(=O)O)C[N+](C)(C)C. The molecule has 0 aromatic carbocycles. The van der Waals surface area contributed by atoms with E-state index >= 15 is 0 Å². The van der Waals surface area contributed by atoms with Crippen LogP contribution >= 0.6 is 0 Å². The van der Waals surface area contributed by atoms with E-state index in [-0.39, 0.29) is 25.9 Å². The number of esters is 2. The van der Waals surface area contributed by atoms with Gasteiger partial charge in [-0.2, -0.15) is 0 Å². The lowest BCUT2D eigenvalue weighted by molar-refractivity contribution is -0.873. The van der Waals surface area contributed by atoms with Gasteiger partial charge in [0.05, 0.1) is 47.0 Å². The van der Waals surface area contributed by atoms with Crippen LogP contribution in [0.5, 0.6) is 0 Å². The minimum absolute atomic E-state index is 0.0587. The first-order valence-electron chi connectivity index (χ1n) is 6.51. The molecule has 0 fully saturated rings. The fraction of sp³-hybridized carbons (Fsp3) is 0.769. The molecule has 0 rings (SSSR count). The van der Waals surface area contributed by atoms with Crippen LogP contribution in [-0.2, 0) is 23.9 Å². The van der Waals surface area contributed by atoms with Crippen LogP contribution in [0.15, 0.2) is 0 Å². The molecule has 7 nitrogen and oxygen atoms in total. The fourth-order valence-corrected chi connectivity index (χ4v) is 1.63. The summed E-state index contributed by atoms with van der Waals surface area (Å²) in [6, 6.07) is 0. The molecule has 0 aromatic heterocycles. The Morgan fingerprint density at radius 2 is 1.65 bits per heavy atom. The van der Waals surface area contributed by atoms with Crippen molar-refractivity contribution in [1.82, 2.24) is 0 Å². The van der Waals surface area contributed by atoms with E-state index in [1.54, 1.807) is 6.92 Å². The molecule has 1 atom stereocenters. The smallest absolute Gasteiger partial charge is 0.307 e. The maximum absolute atomic E-state index is 11.6. The number of likely N-dealkylation sites (N-methyl/N-ethyl adjacent to an activating group) is 1. The molecule has 0 heterocycles. The summed E-state index contributed by atoms with van der Waals surface area (Å²) in [7, 11) is 5.63. The molecule has 0 aromatic rings. The van der Waals surface area contributed by atoms with Crippen LogP contribution < -0.4 is 0 Å². The number of quaternary nitrogens is 1. The van der Waals surface area contributed by atoms with E-state index < -0.39 is 24.0 Å². The molecule has 7 heteroatoms. The third-order valence-corrected chi connectivity index (χ3v) is 2.29. The second-order valence-electron chi connectivity index (χ2n) is 5.49. The number of carbonyl (C=O) groups excluding carboxylic acids is 2. The van der Waals surface area contributed by atoms with E-state index in [1.165, 1.54) is 0 Å². The summed E-state index contributed by atoms with van der Waals surface area (Å²) in [4.78, 5) is 33.5. The van der Waals surface area contributed by atoms with Crippen molar-refractivity contribution in [3.63, 3.8) is 0 Å². The highest BCUT2D eigenvalue weighted by Crippen LogP contribution is 2.07. The minimum Gasteiger partial charge on any atom is -0.481 e. The maximum Gasteiger partial charge on any atom is 0.307 e. The van der Waals surface area contributed by atoms with Crippen molar-refractivity contribution in [2.75, 3.05) is 34.3 Å². The van der Waals surface area contributed by atoms with Gasteiger partial charge >= 0.3 is 17.9 Å².